The summed E-state index contributed by atoms with van der Waals surface area (Å²) in [7, 11) is 1.65. The molecule has 1 fully saturated rings. The molecule has 1 aliphatic rings. The van der Waals surface area contributed by atoms with E-state index in [1.165, 1.54) is 0 Å². The highest BCUT2D eigenvalue weighted by atomic mass is 16.5. The molecule has 1 saturated heterocycles. The molecule has 6 nitrogen and oxygen atoms in total. The summed E-state index contributed by atoms with van der Waals surface area (Å²) in [6.07, 6.45) is 1.73. The van der Waals surface area contributed by atoms with Crippen LogP contribution in [-0.4, -0.2) is 48.3 Å². The van der Waals surface area contributed by atoms with E-state index in [0.29, 0.717) is 11.6 Å². The minimum Gasteiger partial charge on any atom is -0.506 e. The van der Waals surface area contributed by atoms with E-state index in [9.17, 15) is 5.11 Å². The quantitative estimate of drug-likeness (QED) is 0.748. The number of anilines is 1. The van der Waals surface area contributed by atoms with E-state index in [2.05, 4.69) is 14.8 Å². The van der Waals surface area contributed by atoms with E-state index in [-0.39, 0.29) is 0 Å². The Kier molecular flexibility index (Phi) is 4.98. The first kappa shape index (κ1) is 17.4. The number of para-hydroxylation sites is 2. The lowest BCUT2D eigenvalue weighted by Crippen LogP contribution is -2.46. The maximum absolute atomic E-state index is 10.0. The van der Waals surface area contributed by atoms with E-state index in [1.54, 1.807) is 19.4 Å². The molecule has 1 N–H and O–H groups in total. The molecule has 6 heteroatoms. The van der Waals surface area contributed by atoms with Crippen LogP contribution in [0.4, 0.5) is 5.69 Å². The van der Waals surface area contributed by atoms with Crippen molar-refractivity contribution in [2.45, 2.75) is 6.54 Å². The lowest BCUT2D eigenvalue weighted by atomic mass is 10.2. The van der Waals surface area contributed by atoms with Crippen LogP contribution in [0.3, 0.4) is 0 Å². The number of phenols is 1. The summed E-state index contributed by atoms with van der Waals surface area (Å²) in [5.41, 5.74) is 2.77. The number of hydrogen-bond donors (Lipinski definition) is 1. The Morgan fingerprint density at radius 2 is 1.78 bits per heavy atom. The van der Waals surface area contributed by atoms with Gasteiger partial charge in [-0.25, -0.2) is 4.98 Å². The number of nitrogens with zero attached hydrogens (tertiary/aromatic N) is 3. The summed E-state index contributed by atoms with van der Waals surface area (Å²) >= 11 is 0. The fourth-order valence-electron chi connectivity index (χ4n) is 3.35. The Hall–Kier alpha value is -2.99. The van der Waals surface area contributed by atoms with Gasteiger partial charge < -0.3 is 19.2 Å². The van der Waals surface area contributed by atoms with Crippen molar-refractivity contribution in [2.24, 2.45) is 0 Å². The summed E-state index contributed by atoms with van der Waals surface area (Å²) in [5.74, 6) is 1.78. The van der Waals surface area contributed by atoms with Crippen LogP contribution < -0.4 is 9.64 Å². The second-order valence-corrected chi connectivity index (χ2v) is 6.62. The number of piperazine rings is 1. The molecule has 2 heterocycles. The van der Waals surface area contributed by atoms with Gasteiger partial charge in [0.2, 0.25) is 5.89 Å². The average Bonchev–Trinajstić information content (AvgIpc) is 3.18. The first-order valence-electron chi connectivity index (χ1n) is 9.07. The number of rotatable bonds is 5. The molecule has 1 aromatic heterocycles. The lowest BCUT2D eigenvalue weighted by molar-refractivity contribution is 0.246. The van der Waals surface area contributed by atoms with E-state index in [0.717, 1.165) is 55.4 Å². The van der Waals surface area contributed by atoms with Gasteiger partial charge in [-0.2, -0.15) is 0 Å². The van der Waals surface area contributed by atoms with Crippen LogP contribution in [0, 0.1) is 0 Å². The van der Waals surface area contributed by atoms with Crippen LogP contribution in [0.15, 0.2) is 59.2 Å². The zero-order valence-electron chi connectivity index (χ0n) is 15.3. The van der Waals surface area contributed by atoms with Gasteiger partial charge in [0.05, 0.1) is 18.5 Å². The molecule has 0 amide bonds. The van der Waals surface area contributed by atoms with Crippen LogP contribution in [0.2, 0.25) is 0 Å². The first-order valence-corrected chi connectivity index (χ1v) is 9.07. The van der Waals surface area contributed by atoms with Crippen LogP contribution in [0.1, 0.15) is 5.69 Å². The smallest absolute Gasteiger partial charge is 0.226 e. The number of aromatic nitrogens is 1. The van der Waals surface area contributed by atoms with E-state index >= 15 is 0 Å². The van der Waals surface area contributed by atoms with Gasteiger partial charge in [0.1, 0.15) is 17.8 Å². The van der Waals surface area contributed by atoms with Gasteiger partial charge in [-0.1, -0.05) is 12.1 Å². The van der Waals surface area contributed by atoms with Crippen molar-refractivity contribution in [3.8, 4) is 23.0 Å². The summed E-state index contributed by atoms with van der Waals surface area (Å²) in [4.78, 5) is 9.19. The Balaban J connectivity index is 1.35. The molecule has 0 saturated carbocycles. The van der Waals surface area contributed by atoms with Gasteiger partial charge in [-0.05, 0) is 36.4 Å². The number of hydrogen-bond acceptors (Lipinski definition) is 6. The van der Waals surface area contributed by atoms with Gasteiger partial charge in [0.25, 0.3) is 0 Å². The summed E-state index contributed by atoms with van der Waals surface area (Å²) < 4.78 is 10.8. The molecule has 3 aromatic rings. The summed E-state index contributed by atoms with van der Waals surface area (Å²) in [6.45, 7) is 4.34. The molecule has 2 aromatic carbocycles. The van der Waals surface area contributed by atoms with Crippen LogP contribution in [-0.2, 0) is 6.54 Å². The van der Waals surface area contributed by atoms with E-state index in [4.69, 9.17) is 9.15 Å². The van der Waals surface area contributed by atoms with Crippen molar-refractivity contribution in [3.05, 3.63) is 60.5 Å². The minimum atomic E-state index is 0.339. The molecule has 0 aliphatic carbocycles. The fraction of sp³-hybridized carbons (Fsp3) is 0.286. The minimum absolute atomic E-state index is 0.339. The van der Waals surface area contributed by atoms with Gasteiger partial charge >= 0.3 is 0 Å². The standard InChI is InChI=1S/C21H23N3O3/c1-26-18-8-6-16(7-9-18)21-22-17(15-27-21)14-23-10-12-24(13-11-23)19-4-2-3-5-20(19)25/h2-9,15,25H,10-14H2,1H3. The van der Waals surface area contributed by atoms with Gasteiger partial charge in [-0.15, -0.1) is 0 Å². The second kappa shape index (κ2) is 7.72. The fourth-order valence-corrected chi connectivity index (χ4v) is 3.35. The third kappa shape index (κ3) is 3.90. The SMILES string of the molecule is COc1ccc(-c2nc(CN3CCN(c4ccccc4O)CC3)co2)cc1. The lowest BCUT2D eigenvalue weighted by Gasteiger charge is -2.35. The molecular formula is C21H23N3O3. The molecular weight excluding hydrogens is 342 g/mol. The van der Waals surface area contributed by atoms with Crippen molar-refractivity contribution < 1.29 is 14.3 Å². The molecule has 27 heavy (non-hydrogen) atoms. The molecule has 4 rings (SSSR count). The van der Waals surface area contributed by atoms with E-state index in [1.807, 2.05) is 42.5 Å². The molecule has 0 radical (unpaired) electrons. The predicted molar refractivity (Wildman–Crippen MR) is 104 cm³/mol. The van der Waals surface area contributed by atoms with Crippen LogP contribution in [0.25, 0.3) is 11.5 Å². The Morgan fingerprint density at radius 1 is 1.04 bits per heavy atom. The number of methoxy groups -OCH3 is 1. The zero-order chi connectivity index (χ0) is 18.6. The van der Waals surface area contributed by atoms with Gasteiger partial charge in [0, 0.05) is 38.3 Å². The number of oxazole rings is 1. The molecule has 0 spiro atoms. The molecule has 0 atom stereocenters. The van der Waals surface area contributed by atoms with Crippen molar-refractivity contribution >= 4 is 5.69 Å². The second-order valence-electron chi connectivity index (χ2n) is 6.62. The highest BCUT2D eigenvalue weighted by Gasteiger charge is 2.20. The summed E-state index contributed by atoms with van der Waals surface area (Å²) in [5, 5.41) is 10.0. The maximum atomic E-state index is 10.0. The molecule has 0 unspecified atom stereocenters. The maximum Gasteiger partial charge on any atom is 0.226 e. The molecule has 0 bridgehead atoms. The topological polar surface area (TPSA) is 62.0 Å². The number of ether oxygens (including phenoxy) is 1. The highest BCUT2D eigenvalue weighted by molar-refractivity contribution is 5.58. The zero-order valence-corrected chi connectivity index (χ0v) is 15.3. The first-order chi connectivity index (χ1) is 13.2. The van der Waals surface area contributed by atoms with Crippen molar-refractivity contribution in [3.63, 3.8) is 0 Å². The average molecular weight is 365 g/mol. The summed E-state index contributed by atoms with van der Waals surface area (Å²) in [6, 6.07) is 15.2. The van der Waals surface area contributed by atoms with Gasteiger partial charge in [-0.3, -0.25) is 4.90 Å². The van der Waals surface area contributed by atoms with Gasteiger partial charge in [0.15, 0.2) is 0 Å². The van der Waals surface area contributed by atoms with Crippen molar-refractivity contribution in [1.29, 1.82) is 0 Å². The normalized spacial score (nSPS) is 15.1. The largest absolute Gasteiger partial charge is 0.506 e. The number of aromatic hydroxyl groups is 1. The van der Waals surface area contributed by atoms with E-state index < -0.39 is 0 Å². The Bertz CT molecular complexity index is 884. The Labute approximate surface area is 158 Å². The Morgan fingerprint density at radius 3 is 2.48 bits per heavy atom. The van der Waals surface area contributed by atoms with Crippen LogP contribution >= 0.6 is 0 Å². The molecule has 140 valence electrons. The van der Waals surface area contributed by atoms with Crippen molar-refractivity contribution in [2.75, 3.05) is 38.2 Å². The monoisotopic (exact) mass is 365 g/mol. The van der Waals surface area contributed by atoms with Crippen molar-refractivity contribution in [1.82, 2.24) is 9.88 Å². The molecule has 1 aliphatic heterocycles. The third-order valence-corrected chi connectivity index (χ3v) is 4.87. The number of benzene rings is 2. The third-order valence-electron chi connectivity index (χ3n) is 4.87. The number of phenolic OH excluding ortho intramolecular Hbond substituents is 1. The van der Waals surface area contributed by atoms with Crippen LogP contribution in [0.5, 0.6) is 11.5 Å². The highest BCUT2D eigenvalue weighted by Crippen LogP contribution is 2.27. The predicted octanol–water partition coefficient (Wildman–Crippen LogP) is 3.38.